The number of hydrogen-bond acceptors (Lipinski definition) is 3. The average Bonchev–Trinajstić information content (AvgIpc) is 2.28. The lowest BCUT2D eigenvalue weighted by Crippen LogP contribution is -2.28. The van der Waals surface area contributed by atoms with Gasteiger partial charge < -0.3 is 5.32 Å². The Morgan fingerprint density at radius 1 is 1.53 bits per heavy atom. The first kappa shape index (κ1) is 12.5. The standard InChI is InChI=1S/C12H19N3OS/c1-9-7-10(11-3-2-6-15-8-11)4-5-12(9)17(13,14)16/h4-5,7,11,15H,2-3,6,8H2,1H3,(H3,13,14,16). The monoisotopic (exact) mass is 253 g/mol. The molecule has 0 spiro atoms. The van der Waals surface area contributed by atoms with E-state index in [0.29, 0.717) is 10.8 Å². The minimum Gasteiger partial charge on any atom is -0.316 e. The maximum atomic E-state index is 11.5. The van der Waals surface area contributed by atoms with E-state index in [-0.39, 0.29) is 0 Å². The molecule has 0 aliphatic carbocycles. The molecule has 0 saturated carbocycles. The van der Waals surface area contributed by atoms with Crippen molar-refractivity contribution in [2.45, 2.75) is 30.6 Å². The Morgan fingerprint density at radius 3 is 2.82 bits per heavy atom. The zero-order chi connectivity index (χ0) is 12.5. The van der Waals surface area contributed by atoms with Crippen molar-refractivity contribution >= 4 is 9.92 Å². The molecule has 1 heterocycles. The van der Waals surface area contributed by atoms with Gasteiger partial charge in [-0.15, -0.1) is 0 Å². The Morgan fingerprint density at radius 2 is 2.29 bits per heavy atom. The minimum atomic E-state index is -3.10. The van der Waals surface area contributed by atoms with Crippen molar-refractivity contribution in [2.24, 2.45) is 5.14 Å². The van der Waals surface area contributed by atoms with Crippen LogP contribution in [0.3, 0.4) is 0 Å². The van der Waals surface area contributed by atoms with Gasteiger partial charge in [0, 0.05) is 6.54 Å². The highest BCUT2D eigenvalue weighted by Crippen LogP contribution is 2.26. The third-order valence-corrected chi connectivity index (χ3v) is 4.41. The maximum Gasteiger partial charge on any atom is 0.132 e. The second-order valence-corrected chi connectivity index (χ2v) is 6.31. The summed E-state index contributed by atoms with van der Waals surface area (Å²) in [6, 6.07) is 5.73. The molecule has 2 atom stereocenters. The highest BCUT2D eigenvalue weighted by atomic mass is 32.2. The van der Waals surface area contributed by atoms with Gasteiger partial charge in [-0.1, -0.05) is 12.1 Å². The maximum absolute atomic E-state index is 11.5. The summed E-state index contributed by atoms with van der Waals surface area (Å²) in [4.78, 5) is 0.449. The second kappa shape index (κ2) is 4.76. The van der Waals surface area contributed by atoms with Gasteiger partial charge in [0.2, 0.25) is 0 Å². The van der Waals surface area contributed by atoms with Crippen LogP contribution in [0.5, 0.6) is 0 Å². The van der Waals surface area contributed by atoms with Crippen LogP contribution in [-0.4, -0.2) is 17.3 Å². The van der Waals surface area contributed by atoms with Crippen LogP contribution in [0.15, 0.2) is 23.1 Å². The van der Waals surface area contributed by atoms with Gasteiger partial charge in [-0.05, 0) is 49.4 Å². The number of aryl methyl sites for hydroxylation is 1. The molecule has 2 rings (SSSR count). The van der Waals surface area contributed by atoms with E-state index in [0.717, 1.165) is 18.7 Å². The van der Waals surface area contributed by atoms with Gasteiger partial charge in [0.1, 0.15) is 9.92 Å². The van der Waals surface area contributed by atoms with E-state index < -0.39 is 9.92 Å². The fraction of sp³-hybridized carbons (Fsp3) is 0.500. The molecule has 0 bridgehead atoms. The molecule has 5 heteroatoms. The van der Waals surface area contributed by atoms with E-state index in [1.54, 1.807) is 6.07 Å². The smallest absolute Gasteiger partial charge is 0.132 e. The quantitative estimate of drug-likeness (QED) is 0.750. The Hall–Kier alpha value is -0.910. The Kier molecular flexibility index (Phi) is 3.51. The summed E-state index contributed by atoms with van der Waals surface area (Å²) in [5, 5.41) is 8.75. The predicted molar refractivity (Wildman–Crippen MR) is 69.3 cm³/mol. The lowest BCUT2D eigenvalue weighted by Gasteiger charge is -2.23. The molecule has 1 aromatic rings. The van der Waals surface area contributed by atoms with Crippen LogP contribution in [0.2, 0.25) is 0 Å². The van der Waals surface area contributed by atoms with Crippen molar-refractivity contribution < 1.29 is 4.21 Å². The highest BCUT2D eigenvalue weighted by Gasteiger charge is 2.16. The van der Waals surface area contributed by atoms with Crippen LogP contribution in [0.4, 0.5) is 0 Å². The van der Waals surface area contributed by atoms with Crippen LogP contribution in [0.25, 0.3) is 0 Å². The molecule has 4 N–H and O–H groups in total. The van der Waals surface area contributed by atoms with Crippen LogP contribution >= 0.6 is 0 Å². The molecule has 0 amide bonds. The molecular weight excluding hydrogens is 234 g/mol. The van der Waals surface area contributed by atoms with E-state index in [4.69, 9.17) is 9.92 Å². The van der Waals surface area contributed by atoms with Crippen LogP contribution < -0.4 is 10.5 Å². The van der Waals surface area contributed by atoms with Gasteiger partial charge in [-0.2, -0.15) is 0 Å². The first-order valence-corrected chi connectivity index (χ1v) is 7.48. The van der Waals surface area contributed by atoms with Gasteiger partial charge in [-0.3, -0.25) is 0 Å². The summed E-state index contributed by atoms with van der Waals surface area (Å²) in [7, 11) is -3.10. The molecule has 1 aliphatic rings. The highest BCUT2D eigenvalue weighted by molar-refractivity contribution is 7.90. The fourth-order valence-electron chi connectivity index (χ4n) is 2.40. The third kappa shape index (κ3) is 2.86. The Balaban J connectivity index is 2.30. The number of nitrogens with one attached hydrogen (secondary N) is 2. The average molecular weight is 253 g/mol. The number of piperidine rings is 1. The van der Waals surface area contributed by atoms with Crippen molar-refractivity contribution in [2.75, 3.05) is 13.1 Å². The molecule has 0 aromatic heterocycles. The molecular formula is C12H19N3OS. The molecule has 1 saturated heterocycles. The molecule has 2 unspecified atom stereocenters. The van der Waals surface area contributed by atoms with Crippen LogP contribution in [-0.2, 0) is 9.92 Å². The lowest BCUT2D eigenvalue weighted by molar-refractivity contribution is 0.461. The third-order valence-electron chi connectivity index (χ3n) is 3.29. The summed E-state index contributed by atoms with van der Waals surface area (Å²) in [6.07, 6.45) is 2.38. The fourth-order valence-corrected chi connectivity index (χ4v) is 3.21. The SMILES string of the molecule is Cc1cc(C2CCCNC2)ccc1S(=N)(N)=O. The predicted octanol–water partition coefficient (Wildman–Crippen LogP) is 1.74. The van der Waals surface area contributed by atoms with Gasteiger partial charge in [-0.25, -0.2) is 14.1 Å². The Labute approximate surface area is 103 Å². The van der Waals surface area contributed by atoms with Crippen molar-refractivity contribution in [1.82, 2.24) is 5.32 Å². The van der Waals surface area contributed by atoms with Gasteiger partial charge >= 0.3 is 0 Å². The summed E-state index contributed by atoms with van der Waals surface area (Å²) in [5.74, 6) is 0.524. The van der Waals surface area contributed by atoms with E-state index >= 15 is 0 Å². The molecule has 1 aromatic carbocycles. The normalized spacial score (nSPS) is 24.2. The number of hydrogen-bond donors (Lipinski definition) is 3. The summed E-state index contributed by atoms with van der Waals surface area (Å²) >= 11 is 0. The lowest BCUT2D eigenvalue weighted by atomic mass is 9.91. The van der Waals surface area contributed by atoms with Crippen molar-refractivity contribution in [3.8, 4) is 0 Å². The van der Waals surface area contributed by atoms with Crippen LogP contribution in [0, 0.1) is 11.7 Å². The molecule has 0 radical (unpaired) electrons. The van der Waals surface area contributed by atoms with Crippen molar-refractivity contribution in [1.29, 1.82) is 4.78 Å². The van der Waals surface area contributed by atoms with E-state index in [1.807, 2.05) is 19.1 Å². The molecule has 1 fully saturated rings. The molecule has 94 valence electrons. The van der Waals surface area contributed by atoms with Crippen molar-refractivity contribution in [3.05, 3.63) is 29.3 Å². The molecule has 17 heavy (non-hydrogen) atoms. The van der Waals surface area contributed by atoms with E-state index in [1.165, 1.54) is 18.4 Å². The number of rotatable bonds is 2. The minimum absolute atomic E-state index is 0.449. The zero-order valence-corrected chi connectivity index (χ0v) is 10.8. The molecule has 1 aliphatic heterocycles. The first-order valence-electron chi connectivity index (χ1n) is 5.86. The number of nitrogens with two attached hydrogens (primary N) is 1. The summed E-state index contributed by atoms with van der Waals surface area (Å²) in [6.45, 7) is 3.96. The zero-order valence-electron chi connectivity index (χ0n) is 10.0. The van der Waals surface area contributed by atoms with Gasteiger partial charge in [0.05, 0.1) is 4.90 Å². The largest absolute Gasteiger partial charge is 0.316 e. The van der Waals surface area contributed by atoms with Gasteiger partial charge in [0.25, 0.3) is 0 Å². The van der Waals surface area contributed by atoms with Gasteiger partial charge in [0.15, 0.2) is 0 Å². The topological polar surface area (TPSA) is 79.0 Å². The molecule has 4 nitrogen and oxygen atoms in total. The summed E-state index contributed by atoms with van der Waals surface area (Å²) < 4.78 is 19.0. The van der Waals surface area contributed by atoms with Crippen molar-refractivity contribution in [3.63, 3.8) is 0 Å². The van der Waals surface area contributed by atoms with E-state index in [9.17, 15) is 4.21 Å². The number of benzene rings is 1. The van der Waals surface area contributed by atoms with E-state index in [2.05, 4.69) is 5.32 Å². The second-order valence-electron chi connectivity index (χ2n) is 4.67. The summed E-state index contributed by atoms with van der Waals surface area (Å²) in [5.41, 5.74) is 2.11. The first-order chi connectivity index (χ1) is 7.98. The Bertz CT molecular complexity index is 504. The van der Waals surface area contributed by atoms with Crippen LogP contribution in [0.1, 0.15) is 29.9 Å².